The molecule has 0 spiro atoms. The predicted octanol–water partition coefficient (Wildman–Crippen LogP) is 2.69. The van der Waals surface area contributed by atoms with Crippen LogP contribution in [0.1, 0.15) is 31.8 Å². The highest BCUT2D eigenvalue weighted by atomic mass is 16.2. The van der Waals surface area contributed by atoms with Gasteiger partial charge in [0.15, 0.2) is 0 Å². The minimum absolute atomic E-state index is 0.293. The molecular weight excluding hydrogens is 252 g/mol. The summed E-state index contributed by atoms with van der Waals surface area (Å²) in [7, 11) is 0. The van der Waals surface area contributed by atoms with E-state index in [0.717, 1.165) is 11.1 Å². The molecule has 0 unspecified atom stereocenters. The van der Waals surface area contributed by atoms with E-state index in [1.807, 2.05) is 26.0 Å². The molecule has 0 aliphatic carbocycles. The van der Waals surface area contributed by atoms with Gasteiger partial charge in [0, 0.05) is 5.69 Å². The molecule has 0 saturated heterocycles. The van der Waals surface area contributed by atoms with Crippen molar-refractivity contribution in [3.8, 4) is 0 Å². The number of benzene rings is 2. The number of carbonyl (C=O) groups excluding carboxylic acids is 2. The predicted molar refractivity (Wildman–Crippen MR) is 77.9 cm³/mol. The van der Waals surface area contributed by atoms with Gasteiger partial charge >= 0.3 is 0 Å². The van der Waals surface area contributed by atoms with Crippen molar-refractivity contribution >= 4 is 23.2 Å². The lowest BCUT2D eigenvalue weighted by Crippen LogP contribution is -2.30. The van der Waals surface area contributed by atoms with Crippen LogP contribution in [0.15, 0.2) is 36.4 Å². The summed E-state index contributed by atoms with van der Waals surface area (Å²) in [4.78, 5) is 26.1. The first-order chi connectivity index (χ1) is 9.50. The Bertz CT molecular complexity index is 750. The van der Waals surface area contributed by atoms with Crippen molar-refractivity contribution in [1.82, 2.24) is 0 Å². The highest BCUT2D eigenvalue weighted by molar-refractivity contribution is 6.34. The third kappa shape index (κ3) is 1.61. The summed E-state index contributed by atoms with van der Waals surface area (Å²) in [5.41, 5.74) is 9.55. The zero-order valence-electron chi connectivity index (χ0n) is 11.3. The molecule has 0 bridgehead atoms. The number of aryl methyl sites for hydroxylation is 1. The van der Waals surface area contributed by atoms with Gasteiger partial charge in [-0.05, 0) is 49.2 Å². The minimum atomic E-state index is -0.314. The molecular formula is C16H14N2O2. The zero-order valence-corrected chi connectivity index (χ0v) is 11.3. The molecule has 2 aromatic carbocycles. The Hall–Kier alpha value is -2.62. The summed E-state index contributed by atoms with van der Waals surface area (Å²) in [5, 5.41) is 0. The monoisotopic (exact) mass is 266 g/mol. The number of carbonyl (C=O) groups is 2. The van der Waals surface area contributed by atoms with Crippen LogP contribution in [0.4, 0.5) is 11.4 Å². The molecule has 1 heterocycles. The Morgan fingerprint density at radius 2 is 1.65 bits per heavy atom. The van der Waals surface area contributed by atoms with Gasteiger partial charge in [0.25, 0.3) is 11.8 Å². The van der Waals surface area contributed by atoms with Crippen LogP contribution in [0.3, 0.4) is 0 Å². The molecule has 4 nitrogen and oxygen atoms in total. The lowest BCUT2D eigenvalue weighted by molar-refractivity contribution is 0.0926. The maximum Gasteiger partial charge on any atom is 0.266 e. The summed E-state index contributed by atoms with van der Waals surface area (Å²) in [6.07, 6.45) is 0. The number of nitrogen functional groups attached to an aromatic ring is 1. The van der Waals surface area contributed by atoms with Crippen LogP contribution in [0.2, 0.25) is 0 Å². The smallest absolute Gasteiger partial charge is 0.266 e. The normalized spacial score (nSPS) is 13.8. The number of hydrogen-bond acceptors (Lipinski definition) is 3. The third-order valence-corrected chi connectivity index (χ3v) is 3.73. The van der Waals surface area contributed by atoms with Gasteiger partial charge < -0.3 is 5.73 Å². The number of amides is 2. The highest BCUT2D eigenvalue weighted by Gasteiger charge is 2.37. The number of hydrogen-bond donors (Lipinski definition) is 1. The molecule has 3 rings (SSSR count). The molecule has 2 aromatic rings. The summed E-state index contributed by atoms with van der Waals surface area (Å²) < 4.78 is 0. The van der Waals surface area contributed by atoms with Gasteiger partial charge in [-0.25, -0.2) is 4.90 Å². The van der Waals surface area contributed by atoms with Gasteiger partial charge in [-0.3, -0.25) is 9.59 Å². The molecule has 2 N–H and O–H groups in total. The maximum absolute atomic E-state index is 12.5. The van der Waals surface area contributed by atoms with Gasteiger partial charge in [0.1, 0.15) is 0 Å². The summed E-state index contributed by atoms with van der Waals surface area (Å²) in [5.74, 6) is -0.607. The zero-order chi connectivity index (χ0) is 14.4. The number of nitrogens with zero attached hydrogens (tertiary/aromatic N) is 1. The van der Waals surface area contributed by atoms with Gasteiger partial charge in [-0.2, -0.15) is 0 Å². The Labute approximate surface area is 116 Å². The van der Waals surface area contributed by atoms with Crippen molar-refractivity contribution in [1.29, 1.82) is 0 Å². The number of imide groups is 1. The number of nitrogens with two attached hydrogens (primary N) is 1. The fourth-order valence-corrected chi connectivity index (χ4v) is 2.46. The van der Waals surface area contributed by atoms with Crippen LogP contribution < -0.4 is 10.6 Å². The van der Waals surface area contributed by atoms with Crippen molar-refractivity contribution in [2.75, 3.05) is 10.6 Å². The van der Waals surface area contributed by atoms with Gasteiger partial charge in [0.2, 0.25) is 0 Å². The first-order valence-electron chi connectivity index (χ1n) is 6.35. The van der Waals surface area contributed by atoms with Crippen LogP contribution in [0.5, 0.6) is 0 Å². The Balaban J connectivity index is 2.17. The van der Waals surface area contributed by atoms with E-state index >= 15 is 0 Å². The molecule has 0 saturated carbocycles. The molecule has 20 heavy (non-hydrogen) atoms. The van der Waals surface area contributed by atoms with E-state index in [2.05, 4.69) is 0 Å². The van der Waals surface area contributed by atoms with E-state index in [0.29, 0.717) is 22.5 Å². The second kappa shape index (κ2) is 4.20. The SMILES string of the molecule is Cc1cccc(N2C(=O)c3ccc(N)cc3C2=O)c1C. The van der Waals surface area contributed by atoms with Gasteiger partial charge in [-0.1, -0.05) is 12.1 Å². The lowest BCUT2D eigenvalue weighted by atomic mass is 10.1. The van der Waals surface area contributed by atoms with Crippen molar-refractivity contribution in [3.63, 3.8) is 0 Å². The number of fused-ring (bicyclic) bond motifs is 1. The first-order valence-corrected chi connectivity index (χ1v) is 6.35. The molecule has 0 fully saturated rings. The van der Waals surface area contributed by atoms with Crippen molar-refractivity contribution < 1.29 is 9.59 Å². The van der Waals surface area contributed by atoms with E-state index in [1.165, 1.54) is 4.90 Å². The van der Waals surface area contributed by atoms with E-state index in [4.69, 9.17) is 5.73 Å². The fourth-order valence-electron chi connectivity index (χ4n) is 2.46. The largest absolute Gasteiger partial charge is 0.399 e. The summed E-state index contributed by atoms with van der Waals surface area (Å²) >= 11 is 0. The molecule has 1 aliphatic heterocycles. The third-order valence-electron chi connectivity index (χ3n) is 3.73. The summed E-state index contributed by atoms with van der Waals surface area (Å²) in [6.45, 7) is 3.86. The molecule has 0 atom stereocenters. The Kier molecular flexibility index (Phi) is 2.61. The molecule has 100 valence electrons. The van der Waals surface area contributed by atoms with Crippen LogP contribution in [-0.4, -0.2) is 11.8 Å². The highest BCUT2D eigenvalue weighted by Crippen LogP contribution is 2.32. The fraction of sp³-hybridized carbons (Fsp3) is 0.125. The van der Waals surface area contributed by atoms with Crippen molar-refractivity contribution in [3.05, 3.63) is 58.7 Å². The maximum atomic E-state index is 12.5. The second-order valence-corrected chi connectivity index (χ2v) is 4.97. The Morgan fingerprint density at radius 3 is 2.40 bits per heavy atom. The van der Waals surface area contributed by atoms with Crippen LogP contribution in [0.25, 0.3) is 0 Å². The molecule has 0 radical (unpaired) electrons. The average molecular weight is 266 g/mol. The standard InChI is InChI=1S/C16H14N2O2/c1-9-4-3-5-14(10(9)2)18-15(19)12-7-6-11(17)8-13(12)16(18)20/h3-8H,17H2,1-2H3. The van der Waals surface area contributed by atoms with Crippen LogP contribution in [0, 0.1) is 13.8 Å². The lowest BCUT2D eigenvalue weighted by Gasteiger charge is -2.17. The van der Waals surface area contributed by atoms with Gasteiger partial charge in [0.05, 0.1) is 16.8 Å². The van der Waals surface area contributed by atoms with Gasteiger partial charge in [-0.15, -0.1) is 0 Å². The number of rotatable bonds is 1. The minimum Gasteiger partial charge on any atom is -0.399 e. The number of anilines is 2. The molecule has 1 aliphatic rings. The quantitative estimate of drug-likeness (QED) is 0.637. The Morgan fingerprint density at radius 1 is 0.950 bits per heavy atom. The van der Waals surface area contributed by atoms with E-state index in [9.17, 15) is 9.59 Å². The molecule has 4 heteroatoms. The first kappa shape index (κ1) is 12.4. The second-order valence-electron chi connectivity index (χ2n) is 4.97. The molecule has 0 aromatic heterocycles. The average Bonchev–Trinajstić information content (AvgIpc) is 2.65. The summed E-state index contributed by atoms with van der Waals surface area (Å²) in [6, 6.07) is 10.4. The van der Waals surface area contributed by atoms with Crippen molar-refractivity contribution in [2.45, 2.75) is 13.8 Å². The topological polar surface area (TPSA) is 63.4 Å². The van der Waals surface area contributed by atoms with E-state index in [1.54, 1.807) is 24.3 Å². The molecule has 2 amide bonds. The van der Waals surface area contributed by atoms with Crippen LogP contribution in [-0.2, 0) is 0 Å². The van der Waals surface area contributed by atoms with Crippen molar-refractivity contribution in [2.24, 2.45) is 0 Å². The van der Waals surface area contributed by atoms with E-state index < -0.39 is 0 Å². The van der Waals surface area contributed by atoms with Crippen LogP contribution >= 0.6 is 0 Å². The van der Waals surface area contributed by atoms with E-state index in [-0.39, 0.29) is 11.8 Å².